The standard InChI is InChI=1S/C12H17N3O/c1-10(2)8-15-9-11(6-14-15)13-7-12-4-3-5-16-12/h3-6,9-10,13H,7-8H2,1-2H3. The quantitative estimate of drug-likeness (QED) is 0.840. The maximum atomic E-state index is 5.24. The predicted octanol–water partition coefficient (Wildman–Crippen LogP) is 2.74. The Balaban J connectivity index is 1.88. The number of furan rings is 1. The molecule has 2 aromatic heterocycles. The van der Waals surface area contributed by atoms with E-state index in [9.17, 15) is 0 Å². The van der Waals surface area contributed by atoms with Crippen molar-refractivity contribution in [3.63, 3.8) is 0 Å². The van der Waals surface area contributed by atoms with Crippen molar-refractivity contribution >= 4 is 5.69 Å². The van der Waals surface area contributed by atoms with Crippen molar-refractivity contribution in [2.75, 3.05) is 5.32 Å². The van der Waals surface area contributed by atoms with E-state index in [-0.39, 0.29) is 0 Å². The van der Waals surface area contributed by atoms with Gasteiger partial charge in [0.15, 0.2) is 0 Å². The van der Waals surface area contributed by atoms with Crippen molar-refractivity contribution in [1.82, 2.24) is 9.78 Å². The number of aromatic nitrogens is 2. The van der Waals surface area contributed by atoms with E-state index in [1.54, 1.807) is 6.26 Å². The van der Waals surface area contributed by atoms with E-state index >= 15 is 0 Å². The van der Waals surface area contributed by atoms with Gasteiger partial charge in [0.2, 0.25) is 0 Å². The van der Waals surface area contributed by atoms with Crippen LogP contribution in [-0.2, 0) is 13.1 Å². The van der Waals surface area contributed by atoms with Crippen molar-refractivity contribution in [3.05, 3.63) is 36.5 Å². The molecular weight excluding hydrogens is 202 g/mol. The van der Waals surface area contributed by atoms with Crippen molar-refractivity contribution in [2.24, 2.45) is 5.92 Å². The summed E-state index contributed by atoms with van der Waals surface area (Å²) in [5.41, 5.74) is 1.03. The average Bonchev–Trinajstić information content (AvgIpc) is 2.84. The van der Waals surface area contributed by atoms with Crippen LogP contribution in [0.3, 0.4) is 0 Å². The number of hydrogen-bond donors (Lipinski definition) is 1. The van der Waals surface area contributed by atoms with Crippen LogP contribution in [0.4, 0.5) is 5.69 Å². The molecule has 0 spiro atoms. The Morgan fingerprint density at radius 3 is 3.06 bits per heavy atom. The van der Waals surface area contributed by atoms with Gasteiger partial charge in [-0.3, -0.25) is 4.68 Å². The molecule has 4 heteroatoms. The molecule has 0 radical (unpaired) electrons. The molecule has 0 fully saturated rings. The summed E-state index contributed by atoms with van der Waals surface area (Å²) in [5, 5.41) is 7.54. The van der Waals surface area contributed by atoms with Crippen LogP contribution in [0, 0.1) is 5.92 Å². The molecule has 86 valence electrons. The van der Waals surface area contributed by atoms with E-state index in [4.69, 9.17) is 4.42 Å². The summed E-state index contributed by atoms with van der Waals surface area (Å²) in [7, 11) is 0. The summed E-state index contributed by atoms with van der Waals surface area (Å²) in [6.07, 6.45) is 5.54. The summed E-state index contributed by atoms with van der Waals surface area (Å²) in [4.78, 5) is 0. The third kappa shape index (κ3) is 2.89. The topological polar surface area (TPSA) is 43.0 Å². The van der Waals surface area contributed by atoms with Crippen LogP contribution in [0.25, 0.3) is 0 Å². The van der Waals surface area contributed by atoms with E-state index in [1.807, 2.05) is 29.2 Å². The lowest BCUT2D eigenvalue weighted by Gasteiger charge is -2.03. The second kappa shape index (κ2) is 4.88. The first kappa shape index (κ1) is 10.8. The maximum absolute atomic E-state index is 5.24. The summed E-state index contributed by atoms with van der Waals surface area (Å²) in [6, 6.07) is 3.84. The van der Waals surface area contributed by atoms with Crippen LogP contribution in [0.15, 0.2) is 35.2 Å². The number of nitrogens with zero attached hydrogens (tertiary/aromatic N) is 2. The largest absolute Gasteiger partial charge is 0.467 e. The number of anilines is 1. The fraction of sp³-hybridized carbons (Fsp3) is 0.417. The van der Waals surface area contributed by atoms with Gasteiger partial charge in [-0.25, -0.2) is 0 Å². The SMILES string of the molecule is CC(C)Cn1cc(NCc2ccco2)cn1. The highest BCUT2D eigenvalue weighted by Crippen LogP contribution is 2.09. The molecule has 0 aliphatic rings. The molecule has 4 nitrogen and oxygen atoms in total. The fourth-order valence-corrected chi connectivity index (χ4v) is 1.53. The van der Waals surface area contributed by atoms with E-state index in [0.29, 0.717) is 12.5 Å². The highest BCUT2D eigenvalue weighted by Gasteiger charge is 2.01. The first-order chi connectivity index (χ1) is 7.74. The van der Waals surface area contributed by atoms with Crippen LogP contribution in [0.1, 0.15) is 19.6 Å². The molecule has 1 N–H and O–H groups in total. The number of nitrogens with one attached hydrogen (secondary N) is 1. The van der Waals surface area contributed by atoms with Gasteiger partial charge in [-0.2, -0.15) is 5.10 Å². The zero-order valence-electron chi connectivity index (χ0n) is 9.68. The maximum Gasteiger partial charge on any atom is 0.122 e. The van der Waals surface area contributed by atoms with Gasteiger partial charge in [-0.05, 0) is 18.1 Å². The van der Waals surface area contributed by atoms with E-state index in [1.165, 1.54) is 0 Å². The number of rotatable bonds is 5. The van der Waals surface area contributed by atoms with E-state index in [2.05, 4.69) is 24.3 Å². The third-order valence-corrected chi connectivity index (χ3v) is 2.23. The van der Waals surface area contributed by atoms with Crippen LogP contribution in [0.5, 0.6) is 0 Å². The summed E-state index contributed by atoms with van der Waals surface area (Å²) in [6.45, 7) is 6.00. The molecule has 0 amide bonds. The smallest absolute Gasteiger partial charge is 0.122 e. The van der Waals surface area contributed by atoms with Gasteiger partial charge in [-0.1, -0.05) is 13.8 Å². The Morgan fingerprint density at radius 2 is 2.38 bits per heavy atom. The van der Waals surface area contributed by atoms with Gasteiger partial charge in [0.1, 0.15) is 5.76 Å². The van der Waals surface area contributed by atoms with Crippen molar-refractivity contribution in [2.45, 2.75) is 26.9 Å². The molecule has 0 saturated heterocycles. The highest BCUT2D eigenvalue weighted by atomic mass is 16.3. The minimum absolute atomic E-state index is 0.609. The minimum Gasteiger partial charge on any atom is -0.467 e. The van der Waals surface area contributed by atoms with Crippen LogP contribution < -0.4 is 5.32 Å². The van der Waals surface area contributed by atoms with Crippen molar-refractivity contribution < 1.29 is 4.42 Å². The molecule has 2 heterocycles. The Morgan fingerprint density at radius 1 is 1.50 bits per heavy atom. The van der Waals surface area contributed by atoms with Crippen molar-refractivity contribution in [1.29, 1.82) is 0 Å². The zero-order valence-corrected chi connectivity index (χ0v) is 9.68. The van der Waals surface area contributed by atoms with E-state index in [0.717, 1.165) is 18.0 Å². The van der Waals surface area contributed by atoms with Gasteiger partial charge in [0.25, 0.3) is 0 Å². The first-order valence-electron chi connectivity index (χ1n) is 5.53. The van der Waals surface area contributed by atoms with Crippen LogP contribution >= 0.6 is 0 Å². The van der Waals surface area contributed by atoms with Gasteiger partial charge < -0.3 is 9.73 Å². The van der Waals surface area contributed by atoms with Crippen LogP contribution in [-0.4, -0.2) is 9.78 Å². The minimum atomic E-state index is 0.609. The molecule has 0 bridgehead atoms. The van der Waals surface area contributed by atoms with Gasteiger partial charge in [0, 0.05) is 12.7 Å². The van der Waals surface area contributed by atoms with Crippen LogP contribution in [0.2, 0.25) is 0 Å². The second-order valence-electron chi connectivity index (χ2n) is 4.28. The predicted molar refractivity (Wildman–Crippen MR) is 63.1 cm³/mol. The zero-order chi connectivity index (χ0) is 11.4. The molecule has 0 aliphatic heterocycles. The number of hydrogen-bond acceptors (Lipinski definition) is 3. The monoisotopic (exact) mass is 219 g/mol. The van der Waals surface area contributed by atoms with E-state index < -0.39 is 0 Å². The molecule has 2 aromatic rings. The summed E-state index contributed by atoms with van der Waals surface area (Å²) >= 11 is 0. The van der Waals surface area contributed by atoms with Crippen molar-refractivity contribution in [3.8, 4) is 0 Å². The molecule has 0 aromatic carbocycles. The lowest BCUT2D eigenvalue weighted by atomic mass is 10.2. The molecular formula is C12H17N3O. The normalized spacial score (nSPS) is 10.9. The summed E-state index contributed by atoms with van der Waals surface area (Å²) in [5.74, 6) is 1.54. The highest BCUT2D eigenvalue weighted by molar-refractivity contribution is 5.38. The Hall–Kier alpha value is -1.71. The first-order valence-corrected chi connectivity index (χ1v) is 5.53. The molecule has 0 atom stereocenters. The summed E-state index contributed by atoms with van der Waals surface area (Å²) < 4.78 is 7.19. The fourth-order valence-electron chi connectivity index (χ4n) is 1.53. The second-order valence-corrected chi connectivity index (χ2v) is 4.28. The third-order valence-electron chi connectivity index (χ3n) is 2.23. The molecule has 0 unspecified atom stereocenters. The molecule has 0 saturated carbocycles. The Kier molecular flexibility index (Phi) is 3.29. The Bertz CT molecular complexity index is 417. The molecule has 2 rings (SSSR count). The molecule has 16 heavy (non-hydrogen) atoms. The Labute approximate surface area is 95.3 Å². The van der Waals surface area contributed by atoms with Gasteiger partial charge >= 0.3 is 0 Å². The molecule has 0 aliphatic carbocycles. The lowest BCUT2D eigenvalue weighted by molar-refractivity contribution is 0.483. The van der Waals surface area contributed by atoms with Gasteiger partial charge in [0.05, 0.1) is 24.7 Å². The average molecular weight is 219 g/mol. The van der Waals surface area contributed by atoms with Gasteiger partial charge in [-0.15, -0.1) is 0 Å². The lowest BCUT2D eigenvalue weighted by Crippen LogP contribution is -2.04.